The number of ether oxygens (including phenoxy) is 1. The molecule has 1 fully saturated rings. The first-order valence-corrected chi connectivity index (χ1v) is 7.39. The van der Waals surface area contributed by atoms with Gasteiger partial charge in [0.25, 0.3) is 0 Å². The normalized spacial score (nSPS) is 26.3. The molecule has 1 saturated heterocycles. The van der Waals surface area contributed by atoms with Gasteiger partial charge in [-0.1, -0.05) is 0 Å². The van der Waals surface area contributed by atoms with E-state index in [2.05, 4.69) is 0 Å². The molecule has 1 amide bonds. The number of carbonyl (C=O) groups excluding carboxylic acids is 1. The fraction of sp³-hybridized carbons (Fsp3) is 0.900. The molecule has 1 aliphatic heterocycles. The van der Waals surface area contributed by atoms with E-state index in [1.54, 1.807) is 4.90 Å². The lowest BCUT2D eigenvalue weighted by atomic mass is 10.2. The summed E-state index contributed by atoms with van der Waals surface area (Å²) in [5.74, 6) is -0.180. The van der Waals surface area contributed by atoms with Crippen LogP contribution in [0.2, 0.25) is 0 Å². The number of likely N-dealkylation sites (N-methyl/N-ethyl adjacent to an activating group) is 1. The third kappa shape index (κ3) is 3.93. The van der Waals surface area contributed by atoms with Crippen LogP contribution in [0.5, 0.6) is 0 Å². The van der Waals surface area contributed by atoms with Gasteiger partial charge in [0, 0.05) is 13.6 Å². The second kappa shape index (κ2) is 5.32. The standard InChI is InChI=1S/C10H20N2O4S/c1-8-7-16-9(2)5-12(8)10(13)6-11(3)17(4,14)15/h8-9H,5-7H2,1-4H3/t8-,9-/m0/s1. The highest BCUT2D eigenvalue weighted by atomic mass is 32.2. The summed E-state index contributed by atoms with van der Waals surface area (Å²) in [5.41, 5.74) is 0. The maximum Gasteiger partial charge on any atom is 0.238 e. The van der Waals surface area contributed by atoms with E-state index in [9.17, 15) is 13.2 Å². The molecule has 0 N–H and O–H groups in total. The number of amides is 1. The lowest BCUT2D eigenvalue weighted by molar-refractivity contribution is -0.143. The van der Waals surface area contributed by atoms with Crippen molar-refractivity contribution in [1.82, 2.24) is 9.21 Å². The monoisotopic (exact) mass is 264 g/mol. The molecular weight excluding hydrogens is 244 g/mol. The van der Waals surface area contributed by atoms with Crippen molar-refractivity contribution < 1.29 is 17.9 Å². The zero-order valence-electron chi connectivity index (χ0n) is 10.7. The summed E-state index contributed by atoms with van der Waals surface area (Å²) in [6, 6.07) is -0.00772. The molecule has 7 heteroatoms. The highest BCUT2D eigenvalue weighted by molar-refractivity contribution is 7.88. The van der Waals surface area contributed by atoms with E-state index in [4.69, 9.17) is 4.74 Å². The van der Waals surface area contributed by atoms with Gasteiger partial charge in [-0.15, -0.1) is 0 Å². The Hall–Kier alpha value is -0.660. The van der Waals surface area contributed by atoms with Gasteiger partial charge in [-0.2, -0.15) is 4.31 Å². The number of hydrogen-bond donors (Lipinski definition) is 0. The zero-order chi connectivity index (χ0) is 13.2. The van der Waals surface area contributed by atoms with Crippen LogP contribution in [0.3, 0.4) is 0 Å². The molecule has 0 aliphatic carbocycles. The van der Waals surface area contributed by atoms with Gasteiger partial charge < -0.3 is 9.64 Å². The van der Waals surface area contributed by atoms with Gasteiger partial charge in [-0.25, -0.2) is 8.42 Å². The minimum atomic E-state index is -3.31. The largest absolute Gasteiger partial charge is 0.375 e. The van der Waals surface area contributed by atoms with E-state index in [0.717, 1.165) is 10.6 Å². The van der Waals surface area contributed by atoms with Gasteiger partial charge >= 0.3 is 0 Å². The molecular formula is C10H20N2O4S. The Balaban J connectivity index is 2.63. The highest BCUT2D eigenvalue weighted by Gasteiger charge is 2.29. The number of morpholine rings is 1. The summed E-state index contributed by atoms with van der Waals surface area (Å²) in [5, 5.41) is 0. The number of rotatable bonds is 3. The Morgan fingerprint density at radius 2 is 2.06 bits per heavy atom. The van der Waals surface area contributed by atoms with Crippen LogP contribution >= 0.6 is 0 Å². The quantitative estimate of drug-likeness (QED) is 0.690. The van der Waals surface area contributed by atoms with Crippen molar-refractivity contribution in [2.45, 2.75) is 26.0 Å². The molecule has 0 radical (unpaired) electrons. The van der Waals surface area contributed by atoms with Crippen LogP contribution in [0.25, 0.3) is 0 Å². The van der Waals surface area contributed by atoms with Crippen LogP contribution in [0.15, 0.2) is 0 Å². The molecule has 2 atom stereocenters. The van der Waals surface area contributed by atoms with Crippen molar-refractivity contribution in [3.63, 3.8) is 0 Å². The molecule has 6 nitrogen and oxygen atoms in total. The van der Waals surface area contributed by atoms with E-state index < -0.39 is 10.0 Å². The molecule has 1 aliphatic rings. The highest BCUT2D eigenvalue weighted by Crippen LogP contribution is 2.12. The van der Waals surface area contributed by atoms with E-state index in [1.165, 1.54) is 7.05 Å². The van der Waals surface area contributed by atoms with E-state index in [-0.39, 0.29) is 24.6 Å². The fourth-order valence-corrected chi connectivity index (χ4v) is 1.99. The predicted octanol–water partition coefficient (Wildman–Crippen LogP) is -0.486. The second-order valence-corrected chi connectivity index (χ2v) is 6.65. The molecule has 0 aromatic carbocycles. The van der Waals surface area contributed by atoms with Gasteiger partial charge in [-0.3, -0.25) is 4.79 Å². The van der Waals surface area contributed by atoms with Crippen LogP contribution < -0.4 is 0 Å². The maximum absolute atomic E-state index is 12.0. The number of hydrogen-bond acceptors (Lipinski definition) is 4. The summed E-state index contributed by atoms with van der Waals surface area (Å²) >= 11 is 0. The first-order chi connectivity index (χ1) is 7.71. The Morgan fingerprint density at radius 1 is 1.47 bits per heavy atom. The van der Waals surface area contributed by atoms with Crippen LogP contribution in [0.1, 0.15) is 13.8 Å². The Labute approximate surface area is 103 Å². The second-order valence-electron chi connectivity index (χ2n) is 4.56. The van der Waals surface area contributed by atoms with Crippen LogP contribution in [0.4, 0.5) is 0 Å². The minimum absolute atomic E-state index is 0.00121. The maximum atomic E-state index is 12.0. The van der Waals surface area contributed by atoms with E-state index in [1.807, 2.05) is 13.8 Å². The summed E-state index contributed by atoms with van der Waals surface area (Å²) in [6.45, 7) is 4.68. The summed E-state index contributed by atoms with van der Waals surface area (Å²) in [7, 11) is -1.91. The molecule has 0 spiro atoms. The molecule has 0 unspecified atom stereocenters. The van der Waals surface area contributed by atoms with Gasteiger partial charge in [0.2, 0.25) is 15.9 Å². The fourth-order valence-electron chi connectivity index (χ4n) is 1.65. The molecule has 100 valence electrons. The summed E-state index contributed by atoms with van der Waals surface area (Å²) in [6.07, 6.45) is 1.09. The van der Waals surface area contributed by atoms with Crippen molar-refractivity contribution in [1.29, 1.82) is 0 Å². The first-order valence-electron chi connectivity index (χ1n) is 5.54. The average Bonchev–Trinajstić information content (AvgIpc) is 2.20. The van der Waals surface area contributed by atoms with Gasteiger partial charge in [0.15, 0.2) is 0 Å². The van der Waals surface area contributed by atoms with Crippen LogP contribution in [-0.2, 0) is 19.6 Å². The Kier molecular flexibility index (Phi) is 4.51. The smallest absolute Gasteiger partial charge is 0.238 e. The van der Waals surface area contributed by atoms with Gasteiger partial charge in [0.05, 0.1) is 31.6 Å². The van der Waals surface area contributed by atoms with E-state index >= 15 is 0 Å². The average molecular weight is 264 g/mol. The Morgan fingerprint density at radius 3 is 2.59 bits per heavy atom. The van der Waals surface area contributed by atoms with Crippen molar-refractivity contribution >= 4 is 15.9 Å². The molecule has 0 aromatic rings. The minimum Gasteiger partial charge on any atom is -0.375 e. The van der Waals surface area contributed by atoms with Crippen LogP contribution in [-0.4, -0.2) is 68.7 Å². The van der Waals surface area contributed by atoms with Crippen molar-refractivity contribution in [3.8, 4) is 0 Å². The molecule has 1 rings (SSSR count). The topological polar surface area (TPSA) is 66.9 Å². The first kappa shape index (κ1) is 14.4. The summed E-state index contributed by atoms with van der Waals surface area (Å²) < 4.78 is 28.9. The molecule has 0 saturated carbocycles. The SMILES string of the molecule is C[C@H]1CN(C(=O)CN(C)S(C)(=O)=O)[C@@H](C)CO1. The van der Waals surface area contributed by atoms with Crippen LogP contribution in [0, 0.1) is 0 Å². The summed E-state index contributed by atoms with van der Waals surface area (Å²) in [4.78, 5) is 13.7. The Bertz CT molecular complexity index is 382. The predicted molar refractivity (Wildman–Crippen MR) is 64.1 cm³/mol. The molecule has 0 bridgehead atoms. The molecule has 1 heterocycles. The number of carbonyl (C=O) groups is 1. The van der Waals surface area contributed by atoms with Gasteiger partial charge in [-0.05, 0) is 13.8 Å². The lowest BCUT2D eigenvalue weighted by Gasteiger charge is -2.37. The van der Waals surface area contributed by atoms with Crippen molar-refractivity contribution in [2.24, 2.45) is 0 Å². The lowest BCUT2D eigenvalue weighted by Crippen LogP contribution is -2.53. The third-order valence-corrected chi connectivity index (χ3v) is 4.11. The zero-order valence-corrected chi connectivity index (χ0v) is 11.5. The molecule has 0 aromatic heterocycles. The number of nitrogens with zero attached hydrogens (tertiary/aromatic N) is 2. The van der Waals surface area contributed by atoms with Gasteiger partial charge in [0.1, 0.15) is 0 Å². The number of sulfonamides is 1. The van der Waals surface area contributed by atoms with Crippen molar-refractivity contribution in [3.05, 3.63) is 0 Å². The van der Waals surface area contributed by atoms with E-state index in [0.29, 0.717) is 13.2 Å². The third-order valence-electron chi connectivity index (χ3n) is 2.85. The molecule has 17 heavy (non-hydrogen) atoms. The van der Waals surface area contributed by atoms with Crippen molar-refractivity contribution in [2.75, 3.05) is 33.0 Å².